The molecule has 4 aliphatic rings. The van der Waals surface area contributed by atoms with Crippen LogP contribution in [0.4, 0.5) is 33.3 Å². The van der Waals surface area contributed by atoms with E-state index in [0.717, 1.165) is 75.7 Å². The van der Waals surface area contributed by atoms with Crippen LogP contribution in [-0.4, -0.2) is 151 Å². The van der Waals surface area contributed by atoms with E-state index in [4.69, 9.17) is 36.7 Å². The molecule has 0 radical (unpaired) electrons. The number of alkyl halides is 1. The molecule has 23 heteroatoms. The number of piperazine rings is 2. The fourth-order valence-corrected chi connectivity index (χ4v) is 11.0. The maximum atomic E-state index is 13.7. The van der Waals surface area contributed by atoms with Crippen LogP contribution >= 0.6 is 11.6 Å². The van der Waals surface area contributed by atoms with E-state index < -0.39 is 65.5 Å². The van der Waals surface area contributed by atoms with E-state index >= 15 is 0 Å². The van der Waals surface area contributed by atoms with Crippen molar-refractivity contribution in [3.05, 3.63) is 118 Å². The Bertz CT molecular complexity index is 2650. The van der Waals surface area contributed by atoms with Crippen molar-refractivity contribution >= 4 is 65.6 Å². The number of rotatable bonds is 21. The molecule has 15 nitrogen and oxygen atoms in total. The second kappa shape index (κ2) is 28.8. The molecule has 2 aliphatic heterocycles. The number of nitrogens with one attached hydrogen (secondary N) is 4. The minimum atomic E-state index is -3.59. The van der Waals surface area contributed by atoms with Crippen LogP contribution in [0.3, 0.4) is 0 Å². The van der Waals surface area contributed by atoms with Gasteiger partial charge in [0.05, 0.1) is 24.7 Å². The molecule has 0 unspecified atom stereocenters. The molecule has 2 heterocycles. The standard InChI is InChI=1S/C27H31F3N4O4S.C15H17ClF2N4O.C12H26O2Si.CH4/c28-19-27(6-7-27)8-13-38-25(26(35)32-23-15-21(29)14-22(30)16-23)24(17-31)33-9-11-34(12-10-33)39(36,37)18-20-4-2-1-3-5-20;1-21-2-4-22(5-3-21)13(9-19)14(16)15(23)20-12-7-10(17)6-11(18)8-12;1-11(2,3)15(4,5)14-10-12(6-7-12)8-9-13;/h1-5,14-17,31H,6-13,18-19H2,(H,32,35);6-9,19H,2-5H2,1H3,(H,20,23);13H,6-10H2,1-5H3;1H4/b25-24-,31-17?;14-13-,19-9?;;. The van der Waals surface area contributed by atoms with Crippen molar-refractivity contribution in [3.8, 4) is 0 Å². The summed E-state index contributed by atoms with van der Waals surface area (Å²) in [5, 5.41) is 29.3. The summed E-state index contributed by atoms with van der Waals surface area (Å²) in [5.74, 6) is -5.30. The fraction of sp³-hybridized carbons (Fsp3) is 0.527. The number of aliphatic hydroxyl groups is 1. The summed E-state index contributed by atoms with van der Waals surface area (Å²) in [6.07, 6.45) is 7.14. The third-order valence-electron chi connectivity index (χ3n) is 14.6. The zero-order valence-electron chi connectivity index (χ0n) is 44.8. The van der Waals surface area contributed by atoms with E-state index in [1.54, 1.807) is 29.2 Å². The molecule has 2 saturated carbocycles. The Morgan fingerprint density at radius 1 is 0.756 bits per heavy atom. The number of carbonyl (C=O) groups is 2. The molecule has 0 aromatic heterocycles. The lowest BCUT2D eigenvalue weighted by molar-refractivity contribution is -0.116. The SMILES string of the molecule is C.CC(C)(C)[Si](C)(C)OCC1(CCO)CC1.CN1CCN(/C(C=N)=C(\Cl)C(=O)Nc2cc(F)cc(F)c2)CC1.N=C/C(=C(/OCCC1(CF)CC1)C(=O)Nc1cc(F)cc(F)c1)N1CCN(S(=O)(=O)Cc2ccccc2)CC1. The number of likely N-dealkylation sites (N-methyl/N-ethyl adjacent to an activating group) is 1. The van der Waals surface area contributed by atoms with Gasteiger partial charge in [-0.15, -0.1) is 0 Å². The highest BCUT2D eigenvalue weighted by Crippen LogP contribution is 2.51. The Hall–Kier alpha value is -5.23. The highest BCUT2D eigenvalue weighted by molar-refractivity contribution is 7.88. The normalized spacial score (nSPS) is 17.8. The van der Waals surface area contributed by atoms with Crippen LogP contribution in [0.1, 0.15) is 72.3 Å². The van der Waals surface area contributed by atoms with E-state index in [1.165, 1.54) is 17.1 Å². The first kappa shape index (κ1) is 65.3. The van der Waals surface area contributed by atoms with Crippen LogP contribution in [0.25, 0.3) is 0 Å². The zero-order chi connectivity index (χ0) is 56.8. The van der Waals surface area contributed by atoms with Crippen molar-refractivity contribution in [2.24, 2.45) is 10.8 Å². The number of hydrogen-bond acceptors (Lipinski definition) is 12. The number of allylic oxidation sites excluding steroid dienone is 2. The Balaban J connectivity index is 0.000000284. The number of carbonyl (C=O) groups excluding carboxylic acids is 2. The van der Waals surface area contributed by atoms with Gasteiger partial charge in [0.25, 0.3) is 11.8 Å². The highest BCUT2D eigenvalue weighted by atomic mass is 35.5. The lowest BCUT2D eigenvalue weighted by atomic mass is 10.1. The first-order valence-electron chi connectivity index (χ1n) is 25.6. The Labute approximate surface area is 463 Å². The van der Waals surface area contributed by atoms with E-state index in [-0.39, 0.29) is 79.5 Å². The van der Waals surface area contributed by atoms with Crippen LogP contribution in [0.2, 0.25) is 18.1 Å². The van der Waals surface area contributed by atoms with Gasteiger partial charge in [-0.2, -0.15) is 4.31 Å². The van der Waals surface area contributed by atoms with Crippen LogP contribution < -0.4 is 10.6 Å². The first-order valence-corrected chi connectivity index (χ1v) is 30.5. The van der Waals surface area contributed by atoms with Crippen molar-refractivity contribution in [1.82, 2.24) is 19.0 Å². The molecule has 3 aromatic rings. The number of hydrogen-bond donors (Lipinski definition) is 5. The second-order valence-corrected chi connectivity index (χ2v) is 28.8. The largest absolute Gasteiger partial charge is 0.486 e. The Morgan fingerprint density at radius 3 is 1.68 bits per heavy atom. The van der Waals surface area contributed by atoms with Crippen LogP contribution in [0, 0.1) is 44.9 Å². The van der Waals surface area contributed by atoms with Gasteiger partial charge in [-0.25, -0.2) is 26.0 Å². The number of halogens is 6. The molecule has 2 aliphatic carbocycles. The molecule has 0 atom stereocenters. The molecule has 7 rings (SSSR count). The lowest BCUT2D eigenvalue weighted by Gasteiger charge is -2.37. The Kier molecular flexibility index (Phi) is 24.1. The highest BCUT2D eigenvalue weighted by Gasteiger charge is 2.46. The second-order valence-electron chi connectivity index (χ2n) is 21.6. The monoisotopic (exact) mass is 1150 g/mol. The van der Waals surface area contributed by atoms with Gasteiger partial charge in [-0.3, -0.25) is 14.0 Å². The lowest BCUT2D eigenvalue weighted by Crippen LogP contribution is -2.49. The molecule has 0 bridgehead atoms. The van der Waals surface area contributed by atoms with Gasteiger partial charge in [0.2, 0.25) is 15.8 Å². The zero-order valence-corrected chi connectivity index (χ0v) is 47.4. The summed E-state index contributed by atoms with van der Waals surface area (Å²) in [6.45, 7) is 15.5. The van der Waals surface area contributed by atoms with Gasteiger partial charge >= 0.3 is 0 Å². The predicted molar refractivity (Wildman–Crippen MR) is 300 cm³/mol. The molecule has 432 valence electrons. The van der Waals surface area contributed by atoms with Crippen molar-refractivity contribution in [2.75, 3.05) is 96.5 Å². The summed E-state index contributed by atoms with van der Waals surface area (Å²) in [5.41, 5.74) is 0.753. The van der Waals surface area contributed by atoms with Gasteiger partial charge in [0.15, 0.2) is 8.32 Å². The quantitative estimate of drug-likeness (QED) is 0.0226. The summed E-state index contributed by atoms with van der Waals surface area (Å²) in [4.78, 5) is 31.0. The number of nitrogens with zero attached hydrogens (tertiary/aromatic N) is 4. The van der Waals surface area contributed by atoms with E-state index in [0.29, 0.717) is 54.3 Å². The van der Waals surface area contributed by atoms with Crippen LogP contribution in [0.15, 0.2) is 88.9 Å². The predicted octanol–water partition coefficient (Wildman–Crippen LogP) is 10.1. The van der Waals surface area contributed by atoms with Crippen LogP contribution in [-0.2, 0) is 34.5 Å². The number of sulfonamides is 1. The van der Waals surface area contributed by atoms with Crippen molar-refractivity contribution in [2.45, 2.75) is 90.6 Å². The van der Waals surface area contributed by atoms with Crippen LogP contribution in [0.5, 0.6) is 0 Å². The average Bonchev–Trinajstić information content (AvgIpc) is 4.31. The van der Waals surface area contributed by atoms with Gasteiger partial charge in [0, 0.05) is 107 Å². The summed E-state index contributed by atoms with van der Waals surface area (Å²) in [6, 6.07) is 14.1. The topological polar surface area (TPSA) is 192 Å². The number of aliphatic hydroxyl groups excluding tert-OH is 1. The number of ether oxygens (including phenoxy) is 1. The Morgan fingerprint density at radius 2 is 1.23 bits per heavy atom. The smallest absolute Gasteiger partial charge is 0.293 e. The molecule has 2 amide bonds. The molecule has 2 saturated heterocycles. The molecular weight excluding hydrogens is 1080 g/mol. The molecule has 3 aromatic carbocycles. The summed E-state index contributed by atoms with van der Waals surface area (Å²) >= 11 is 6.07. The maximum absolute atomic E-state index is 13.7. The third-order valence-corrected chi connectivity index (χ3v) is 21.3. The average molecular weight is 1150 g/mol. The minimum absolute atomic E-state index is 0. The summed E-state index contributed by atoms with van der Waals surface area (Å²) in [7, 11) is -3.19. The van der Waals surface area contributed by atoms with E-state index in [2.05, 4.69) is 49.4 Å². The van der Waals surface area contributed by atoms with E-state index in [1.807, 2.05) is 18.0 Å². The molecule has 5 N–H and O–H groups in total. The minimum Gasteiger partial charge on any atom is -0.486 e. The van der Waals surface area contributed by atoms with E-state index in [9.17, 15) is 40.0 Å². The first-order chi connectivity index (χ1) is 36.3. The molecule has 0 spiro atoms. The van der Waals surface area contributed by atoms with Crippen molar-refractivity contribution in [1.29, 1.82) is 10.8 Å². The number of anilines is 2. The van der Waals surface area contributed by atoms with Crippen molar-refractivity contribution < 1.29 is 54.2 Å². The molecular formula is C55H78ClF5N8O7SSi. The number of amides is 2. The number of benzene rings is 3. The molecule has 4 fully saturated rings. The van der Waals surface area contributed by atoms with Gasteiger partial charge < -0.3 is 50.4 Å². The maximum Gasteiger partial charge on any atom is 0.293 e. The van der Waals surface area contributed by atoms with Gasteiger partial charge in [-0.05, 0) is 98.9 Å². The summed E-state index contributed by atoms with van der Waals surface area (Å²) < 4.78 is 106. The fourth-order valence-electron chi connectivity index (χ4n) is 8.15. The van der Waals surface area contributed by atoms with Crippen molar-refractivity contribution in [3.63, 3.8) is 0 Å². The third kappa shape index (κ3) is 19.3. The van der Waals surface area contributed by atoms with Gasteiger partial charge in [-0.1, -0.05) is 70.1 Å². The molecule has 78 heavy (non-hydrogen) atoms. The van der Waals surface area contributed by atoms with Gasteiger partial charge in [0.1, 0.15) is 34.0 Å².